The van der Waals surface area contributed by atoms with Crippen molar-refractivity contribution in [2.24, 2.45) is 16.0 Å². The Hall–Kier alpha value is -5.07. The highest BCUT2D eigenvalue weighted by Crippen LogP contribution is 2.34. The predicted molar refractivity (Wildman–Crippen MR) is 150 cm³/mol. The number of carbonyl (C=O) groups excluding carboxylic acids is 4. The van der Waals surface area contributed by atoms with E-state index < -0.39 is 24.8 Å². The molecule has 13 heteroatoms. The van der Waals surface area contributed by atoms with E-state index in [1.807, 2.05) is 6.92 Å². The van der Waals surface area contributed by atoms with Crippen LogP contribution in [0.3, 0.4) is 0 Å². The van der Waals surface area contributed by atoms with Crippen molar-refractivity contribution in [3.63, 3.8) is 0 Å². The molecule has 0 saturated heterocycles. The Morgan fingerprint density at radius 3 is 2.54 bits per heavy atom. The van der Waals surface area contributed by atoms with Crippen molar-refractivity contribution in [3.05, 3.63) is 70.7 Å². The molecular formula is C28H31N7O6. The van der Waals surface area contributed by atoms with Gasteiger partial charge >= 0.3 is 12.1 Å². The smallest absolute Gasteiger partial charge is 0.423 e. The van der Waals surface area contributed by atoms with Crippen LogP contribution in [0.5, 0.6) is 0 Å². The van der Waals surface area contributed by atoms with Crippen molar-refractivity contribution in [1.29, 1.82) is 0 Å². The molecule has 0 saturated carbocycles. The number of pyridine rings is 1. The maximum absolute atomic E-state index is 13.7. The lowest BCUT2D eigenvalue weighted by molar-refractivity contribution is -0.123. The van der Waals surface area contributed by atoms with Crippen molar-refractivity contribution in [2.75, 3.05) is 31.3 Å². The van der Waals surface area contributed by atoms with Crippen LogP contribution in [0.4, 0.5) is 10.5 Å². The summed E-state index contributed by atoms with van der Waals surface area (Å²) in [4.78, 5) is 60.9. The molecule has 41 heavy (non-hydrogen) atoms. The van der Waals surface area contributed by atoms with Crippen molar-refractivity contribution in [1.82, 2.24) is 20.6 Å². The lowest BCUT2D eigenvalue weighted by atomic mass is 10.0. The van der Waals surface area contributed by atoms with Crippen LogP contribution in [-0.4, -0.2) is 72.5 Å². The van der Waals surface area contributed by atoms with Crippen LogP contribution >= 0.6 is 0 Å². The van der Waals surface area contributed by atoms with Gasteiger partial charge in [0, 0.05) is 31.0 Å². The number of rotatable bonds is 8. The molecule has 2 aromatic rings. The summed E-state index contributed by atoms with van der Waals surface area (Å²) < 4.78 is 10.5. The number of carbonyl (C=O) groups is 4. The number of anilines is 1. The summed E-state index contributed by atoms with van der Waals surface area (Å²) in [5, 5.41) is 11.5. The Morgan fingerprint density at radius 2 is 1.83 bits per heavy atom. The second kappa shape index (κ2) is 12.9. The number of aryl methyl sites for hydroxylation is 1. The molecule has 4 rings (SSSR count). The molecule has 0 spiro atoms. The van der Waals surface area contributed by atoms with Crippen molar-refractivity contribution in [2.45, 2.75) is 27.7 Å². The van der Waals surface area contributed by atoms with Crippen LogP contribution in [0.1, 0.15) is 47.1 Å². The summed E-state index contributed by atoms with van der Waals surface area (Å²) in [5.41, 5.74) is 2.56. The van der Waals surface area contributed by atoms with E-state index in [1.54, 1.807) is 50.0 Å². The number of benzene rings is 1. The molecule has 0 bridgehead atoms. The van der Waals surface area contributed by atoms with Gasteiger partial charge in [0.15, 0.2) is 5.84 Å². The van der Waals surface area contributed by atoms with Crippen LogP contribution in [0.2, 0.25) is 0 Å². The highest BCUT2D eigenvalue weighted by Gasteiger charge is 2.41. The van der Waals surface area contributed by atoms with Gasteiger partial charge in [-0.25, -0.2) is 19.5 Å². The minimum Gasteiger partial charge on any atom is -0.424 e. The third kappa shape index (κ3) is 6.24. The zero-order valence-electron chi connectivity index (χ0n) is 23.2. The van der Waals surface area contributed by atoms with Gasteiger partial charge in [0.1, 0.15) is 12.0 Å². The minimum absolute atomic E-state index is 0.143. The first kappa shape index (κ1) is 28.9. The van der Waals surface area contributed by atoms with E-state index >= 15 is 0 Å². The molecule has 1 unspecified atom stereocenters. The number of nitrogens with zero attached hydrogens (tertiary/aromatic N) is 5. The average molecular weight is 562 g/mol. The van der Waals surface area contributed by atoms with E-state index in [2.05, 4.69) is 25.7 Å². The predicted octanol–water partition coefficient (Wildman–Crippen LogP) is 2.59. The van der Waals surface area contributed by atoms with Gasteiger partial charge in [-0.05, 0) is 63.1 Å². The fourth-order valence-corrected chi connectivity index (χ4v) is 4.43. The Labute approximate surface area is 236 Å². The van der Waals surface area contributed by atoms with Crippen molar-refractivity contribution >= 4 is 41.7 Å². The van der Waals surface area contributed by atoms with Gasteiger partial charge in [-0.15, -0.1) is 0 Å². The summed E-state index contributed by atoms with van der Waals surface area (Å²) in [6.45, 7) is 7.62. The number of nitrogens with one attached hydrogen (secondary N) is 2. The molecule has 3 amide bonds. The number of esters is 1. The molecule has 2 aliphatic rings. The molecule has 2 N–H and O–H groups in total. The highest BCUT2D eigenvalue weighted by molar-refractivity contribution is 6.24. The largest absolute Gasteiger partial charge is 0.424 e. The topological polar surface area (TPSA) is 155 Å². The van der Waals surface area contributed by atoms with Crippen LogP contribution in [0.15, 0.2) is 64.1 Å². The van der Waals surface area contributed by atoms with Crippen molar-refractivity contribution in [3.8, 4) is 0 Å². The number of hydrazone groups is 1. The number of hydrogen-bond donors (Lipinski definition) is 2. The summed E-state index contributed by atoms with van der Waals surface area (Å²) in [6.07, 6.45) is 3.20. The first-order valence-corrected chi connectivity index (χ1v) is 13.1. The Morgan fingerprint density at radius 1 is 1.05 bits per heavy atom. The van der Waals surface area contributed by atoms with Crippen LogP contribution < -0.4 is 15.5 Å². The summed E-state index contributed by atoms with van der Waals surface area (Å²) >= 11 is 0. The highest BCUT2D eigenvalue weighted by atomic mass is 16.7. The third-order valence-corrected chi connectivity index (χ3v) is 6.47. The second-order valence-corrected chi connectivity index (χ2v) is 9.14. The van der Waals surface area contributed by atoms with E-state index in [0.717, 1.165) is 0 Å². The first-order chi connectivity index (χ1) is 19.8. The maximum Gasteiger partial charge on any atom is 0.423 e. The number of ether oxygens (including phenoxy) is 2. The number of hydrogen-bond acceptors (Lipinski definition) is 10. The average Bonchev–Trinajstić information content (AvgIpc) is 3.32. The number of aromatic nitrogens is 1. The third-order valence-electron chi connectivity index (χ3n) is 6.47. The van der Waals surface area contributed by atoms with E-state index in [9.17, 15) is 19.2 Å². The summed E-state index contributed by atoms with van der Waals surface area (Å²) in [6, 6.07) is 7.99. The molecule has 1 aromatic heterocycles. The standard InChI is InChI=1S/C28H31N7O6/c1-5-30-25(36)19-10-9-17(3)22(12-19)35(28(39)41-16-40-27(38)20-8-7-11-29-13-20)24-23-18(4)21(26(37)31-6-2)14-34(23)33-15-32-24/h7-13,15,21H,5-6,14,16H2,1-4H3,(H,30,36)(H,31,37). The van der Waals surface area contributed by atoms with Gasteiger partial charge in [-0.3, -0.25) is 19.6 Å². The molecule has 0 radical (unpaired) electrons. The molecule has 0 aliphatic carbocycles. The molecule has 1 aromatic carbocycles. The van der Waals surface area contributed by atoms with Gasteiger partial charge in [0.05, 0.1) is 23.7 Å². The summed E-state index contributed by atoms with van der Waals surface area (Å²) in [5.74, 6) is -1.60. The van der Waals surface area contributed by atoms with Crippen LogP contribution in [-0.2, 0) is 14.3 Å². The number of aliphatic imine (C=N–C) groups is 1. The minimum atomic E-state index is -0.920. The van der Waals surface area contributed by atoms with Gasteiger partial charge in [0.2, 0.25) is 12.7 Å². The number of amidine groups is 1. The zero-order chi connectivity index (χ0) is 29.5. The molecule has 0 fully saturated rings. The summed E-state index contributed by atoms with van der Waals surface area (Å²) in [7, 11) is 0. The molecule has 214 valence electrons. The molecule has 3 heterocycles. The Kier molecular flexibility index (Phi) is 9.07. The lowest BCUT2D eigenvalue weighted by Crippen LogP contribution is -2.43. The second-order valence-electron chi connectivity index (χ2n) is 9.14. The monoisotopic (exact) mass is 561 g/mol. The number of fused-ring (bicyclic) bond motifs is 1. The Balaban J connectivity index is 1.70. The van der Waals surface area contributed by atoms with Gasteiger partial charge < -0.3 is 20.1 Å². The Bertz CT molecular complexity index is 1440. The van der Waals surface area contributed by atoms with Crippen molar-refractivity contribution < 1.29 is 28.7 Å². The molecule has 2 aliphatic heterocycles. The fraction of sp³-hybridized carbons (Fsp3) is 0.321. The van der Waals surface area contributed by atoms with E-state index in [-0.39, 0.29) is 29.8 Å². The maximum atomic E-state index is 13.7. The molecule has 13 nitrogen and oxygen atoms in total. The fourth-order valence-electron chi connectivity index (χ4n) is 4.43. The molecular weight excluding hydrogens is 530 g/mol. The van der Waals surface area contributed by atoms with E-state index in [0.29, 0.717) is 41.2 Å². The van der Waals surface area contributed by atoms with E-state index in [4.69, 9.17) is 9.47 Å². The van der Waals surface area contributed by atoms with Gasteiger partial charge in [-0.1, -0.05) is 6.07 Å². The zero-order valence-corrected chi connectivity index (χ0v) is 23.2. The SMILES string of the molecule is CCNC(=O)c1ccc(C)c(N(C(=O)OCOC(=O)c2cccnc2)C2=NC=NN3CC(C(=O)NCC)C(C)=C23)c1. The van der Waals surface area contributed by atoms with Gasteiger partial charge in [-0.2, -0.15) is 5.10 Å². The van der Waals surface area contributed by atoms with Crippen LogP contribution in [0.25, 0.3) is 0 Å². The normalized spacial score (nSPS) is 15.6. The van der Waals surface area contributed by atoms with Crippen LogP contribution in [0, 0.1) is 12.8 Å². The lowest BCUT2D eigenvalue weighted by Gasteiger charge is -2.30. The first-order valence-electron chi connectivity index (χ1n) is 13.1. The van der Waals surface area contributed by atoms with Gasteiger partial charge in [0.25, 0.3) is 5.91 Å². The van der Waals surface area contributed by atoms with E-state index in [1.165, 1.54) is 29.7 Å². The molecule has 1 atom stereocenters. The number of amides is 3. The quantitative estimate of drug-likeness (QED) is 0.368.